The van der Waals surface area contributed by atoms with E-state index in [2.05, 4.69) is 32.6 Å². The molecule has 1 atom stereocenters. The van der Waals surface area contributed by atoms with Gasteiger partial charge in [0.25, 0.3) is 0 Å². The van der Waals surface area contributed by atoms with Crippen LogP contribution in [0.15, 0.2) is 109 Å². The normalized spacial score (nSPS) is 12.4. The van der Waals surface area contributed by atoms with E-state index >= 15 is 0 Å². The molecule has 4 aromatic carbocycles. The molecule has 9 heteroatoms. The van der Waals surface area contributed by atoms with Crippen LogP contribution in [0.25, 0.3) is 0 Å². The molecule has 1 unspecified atom stereocenters. The summed E-state index contributed by atoms with van der Waals surface area (Å²) in [5.74, 6) is 1.29. The van der Waals surface area contributed by atoms with E-state index in [9.17, 15) is 13.2 Å². The number of hydrogen-bond donors (Lipinski definition) is 0. The Kier molecular flexibility index (Phi) is 8.74. The molecule has 0 aliphatic heterocycles. The first kappa shape index (κ1) is 28.0. The lowest BCUT2D eigenvalue weighted by molar-refractivity contribution is -0.137. The average Bonchev–Trinajstić information content (AvgIpc) is 3.44. The van der Waals surface area contributed by atoms with Gasteiger partial charge < -0.3 is 4.74 Å². The zero-order valence-corrected chi connectivity index (χ0v) is 22.6. The maximum atomic E-state index is 13.5. The van der Waals surface area contributed by atoms with Crippen LogP contribution in [0.3, 0.4) is 0 Å². The minimum absolute atomic E-state index is 0.390. The number of benzene rings is 4. The summed E-state index contributed by atoms with van der Waals surface area (Å²) in [5, 5.41) is 12.7. The fraction of sp³-hybridized carbons (Fsp3) is 0.219. The first-order valence-corrected chi connectivity index (χ1v) is 13.3. The third-order valence-electron chi connectivity index (χ3n) is 6.97. The van der Waals surface area contributed by atoms with Gasteiger partial charge in [0.15, 0.2) is 5.82 Å². The van der Waals surface area contributed by atoms with E-state index in [4.69, 9.17) is 4.74 Å². The maximum Gasteiger partial charge on any atom is 0.416 e. The molecule has 0 spiro atoms. The molecule has 210 valence electrons. The number of nitrogens with zero attached hydrogens (tertiary/aromatic N) is 5. The van der Waals surface area contributed by atoms with Crippen molar-refractivity contribution in [2.24, 2.45) is 0 Å². The molecule has 0 saturated heterocycles. The molecule has 41 heavy (non-hydrogen) atoms. The molecule has 0 bridgehead atoms. The Labute approximate surface area is 237 Å². The molecule has 6 nitrogen and oxygen atoms in total. The third-order valence-corrected chi connectivity index (χ3v) is 6.97. The second-order valence-corrected chi connectivity index (χ2v) is 9.76. The smallest absolute Gasteiger partial charge is 0.416 e. The molecule has 0 radical (unpaired) electrons. The summed E-state index contributed by atoms with van der Waals surface area (Å²) in [5.41, 5.74) is 3.18. The second kappa shape index (κ2) is 12.8. The highest BCUT2D eigenvalue weighted by Crippen LogP contribution is 2.33. The largest absolute Gasteiger partial charge is 0.497 e. The van der Waals surface area contributed by atoms with Crippen molar-refractivity contribution in [3.8, 4) is 5.75 Å². The van der Waals surface area contributed by atoms with Gasteiger partial charge in [0, 0.05) is 13.1 Å². The highest BCUT2D eigenvalue weighted by atomic mass is 19.4. The number of tetrazole rings is 1. The minimum Gasteiger partial charge on any atom is -0.497 e. The molecule has 0 amide bonds. The van der Waals surface area contributed by atoms with Gasteiger partial charge in [-0.1, -0.05) is 84.9 Å². The summed E-state index contributed by atoms with van der Waals surface area (Å²) in [4.78, 5) is 2.22. The van der Waals surface area contributed by atoms with E-state index in [0.717, 1.165) is 41.0 Å². The van der Waals surface area contributed by atoms with Gasteiger partial charge in [-0.05, 0) is 63.4 Å². The summed E-state index contributed by atoms with van der Waals surface area (Å²) in [6, 6.07) is 32.5. The molecule has 1 aromatic heterocycles. The average molecular weight is 558 g/mol. The Hall–Kier alpha value is -4.50. The number of alkyl halides is 3. The zero-order chi connectivity index (χ0) is 28.7. The lowest BCUT2D eigenvalue weighted by atomic mass is 10.00. The van der Waals surface area contributed by atoms with Gasteiger partial charge in [-0.2, -0.15) is 13.2 Å². The van der Waals surface area contributed by atoms with Crippen molar-refractivity contribution >= 4 is 0 Å². The van der Waals surface area contributed by atoms with Gasteiger partial charge >= 0.3 is 6.18 Å². The Morgan fingerprint density at radius 3 is 2.02 bits per heavy atom. The number of hydrogen-bond acceptors (Lipinski definition) is 5. The van der Waals surface area contributed by atoms with Gasteiger partial charge in [-0.15, -0.1) is 5.10 Å². The molecule has 5 rings (SSSR count). The fourth-order valence-electron chi connectivity index (χ4n) is 4.84. The van der Waals surface area contributed by atoms with E-state index in [-0.39, 0.29) is 0 Å². The van der Waals surface area contributed by atoms with Crippen molar-refractivity contribution in [3.63, 3.8) is 0 Å². The van der Waals surface area contributed by atoms with Crippen molar-refractivity contribution in [2.75, 3.05) is 13.7 Å². The molecular weight excluding hydrogens is 527 g/mol. The Morgan fingerprint density at radius 1 is 0.780 bits per heavy atom. The number of ether oxygens (including phenoxy) is 1. The van der Waals surface area contributed by atoms with Gasteiger partial charge in [0.1, 0.15) is 5.75 Å². The Morgan fingerprint density at radius 2 is 1.41 bits per heavy atom. The van der Waals surface area contributed by atoms with Crippen LogP contribution < -0.4 is 4.74 Å². The standard InChI is InChI=1S/C32H30F3N5O/c1-41-29-18-12-26(13-19-29)23-40-31(36-37-38-40)30(27-14-16-28(17-15-27)32(33,34)35)39(22-25-10-6-3-7-11-25)21-20-24-8-4-2-5-9-24/h2-19,30H,20-23H2,1H3. The first-order chi connectivity index (χ1) is 19.9. The molecule has 5 aromatic rings. The lowest BCUT2D eigenvalue weighted by Gasteiger charge is -2.32. The number of methoxy groups -OCH3 is 1. The van der Waals surface area contributed by atoms with Crippen LogP contribution >= 0.6 is 0 Å². The number of rotatable bonds is 11. The van der Waals surface area contributed by atoms with Gasteiger partial charge in [-0.25, -0.2) is 4.68 Å². The fourth-order valence-corrected chi connectivity index (χ4v) is 4.84. The third kappa shape index (κ3) is 7.18. The van der Waals surface area contributed by atoms with Crippen LogP contribution in [0.2, 0.25) is 0 Å². The van der Waals surface area contributed by atoms with E-state index in [1.54, 1.807) is 11.8 Å². The highest BCUT2D eigenvalue weighted by Gasteiger charge is 2.32. The summed E-state index contributed by atoms with van der Waals surface area (Å²) in [6.07, 6.45) is -3.69. The van der Waals surface area contributed by atoms with Crippen LogP contribution in [-0.2, 0) is 25.7 Å². The SMILES string of the molecule is COc1ccc(Cn2nnnc2C(c2ccc(C(F)(F)F)cc2)N(CCc2ccccc2)Cc2ccccc2)cc1. The van der Waals surface area contributed by atoms with E-state index in [0.29, 0.717) is 31.0 Å². The molecule has 0 saturated carbocycles. The van der Waals surface area contributed by atoms with Crippen molar-refractivity contribution in [1.29, 1.82) is 0 Å². The molecule has 0 aliphatic rings. The van der Waals surface area contributed by atoms with Crippen LogP contribution in [0, 0.1) is 0 Å². The Bertz CT molecular complexity index is 1510. The summed E-state index contributed by atoms with van der Waals surface area (Å²) in [6.45, 7) is 1.57. The topological polar surface area (TPSA) is 56.1 Å². The lowest BCUT2D eigenvalue weighted by Crippen LogP contribution is -2.33. The van der Waals surface area contributed by atoms with Crippen LogP contribution in [-0.4, -0.2) is 38.8 Å². The molecular formula is C32H30F3N5O. The first-order valence-electron chi connectivity index (χ1n) is 13.3. The van der Waals surface area contributed by atoms with E-state index < -0.39 is 17.8 Å². The predicted octanol–water partition coefficient (Wildman–Crippen LogP) is 6.58. The monoisotopic (exact) mass is 557 g/mol. The van der Waals surface area contributed by atoms with Crippen molar-refractivity contribution in [1.82, 2.24) is 25.1 Å². The minimum atomic E-state index is -4.43. The van der Waals surface area contributed by atoms with E-state index in [1.807, 2.05) is 72.8 Å². The zero-order valence-electron chi connectivity index (χ0n) is 22.6. The predicted molar refractivity (Wildman–Crippen MR) is 150 cm³/mol. The summed E-state index contributed by atoms with van der Waals surface area (Å²) >= 11 is 0. The van der Waals surface area contributed by atoms with Crippen molar-refractivity contribution in [2.45, 2.75) is 31.7 Å². The highest BCUT2D eigenvalue weighted by molar-refractivity contribution is 5.32. The number of halogens is 3. The van der Waals surface area contributed by atoms with Gasteiger partial charge in [-0.3, -0.25) is 4.90 Å². The summed E-state index contributed by atoms with van der Waals surface area (Å²) in [7, 11) is 1.61. The summed E-state index contributed by atoms with van der Waals surface area (Å²) < 4.78 is 47.3. The van der Waals surface area contributed by atoms with Gasteiger partial charge in [0.2, 0.25) is 0 Å². The van der Waals surface area contributed by atoms with E-state index in [1.165, 1.54) is 12.1 Å². The maximum absolute atomic E-state index is 13.5. The molecule has 0 N–H and O–H groups in total. The van der Waals surface area contributed by atoms with Crippen LogP contribution in [0.4, 0.5) is 13.2 Å². The Balaban J connectivity index is 1.55. The van der Waals surface area contributed by atoms with Crippen molar-refractivity contribution < 1.29 is 17.9 Å². The molecule has 1 heterocycles. The molecule has 0 aliphatic carbocycles. The number of aromatic nitrogens is 4. The quantitative estimate of drug-likeness (QED) is 0.184. The molecule has 0 fully saturated rings. The van der Waals surface area contributed by atoms with Crippen LogP contribution in [0.1, 0.15) is 39.7 Å². The van der Waals surface area contributed by atoms with Crippen LogP contribution in [0.5, 0.6) is 5.75 Å². The second-order valence-electron chi connectivity index (χ2n) is 9.76. The van der Waals surface area contributed by atoms with Crippen molar-refractivity contribution in [3.05, 3.63) is 143 Å². The van der Waals surface area contributed by atoms with Gasteiger partial charge in [0.05, 0.1) is 25.3 Å².